The Morgan fingerprint density at radius 3 is 2.21 bits per heavy atom. The standard InChI is InChI=1S/C17H14BrF2NO3/c18-12-3-1-11(2-4-12)15(22)9-10-16(23)21-13-5-7-14(8-6-13)24-17(19)20/h1-8,17H,9-10H2,(H,21,23). The molecule has 0 radical (unpaired) electrons. The van der Waals surface area contributed by atoms with Crippen molar-refractivity contribution in [1.82, 2.24) is 0 Å². The van der Waals surface area contributed by atoms with Crippen LogP contribution in [-0.4, -0.2) is 18.3 Å². The number of hydrogen-bond donors (Lipinski definition) is 1. The van der Waals surface area contributed by atoms with E-state index in [-0.39, 0.29) is 30.3 Å². The number of ketones is 1. The van der Waals surface area contributed by atoms with Crippen molar-refractivity contribution in [3.05, 3.63) is 58.6 Å². The maximum Gasteiger partial charge on any atom is 0.387 e. The summed E-state index contributed by atoms with van der Waals surface area (Å²) in [6.07, 6.45) is 0.115. The van der Waals surface area contributed by atoms with E-state index in [1.165, 1.54) is 24.3 Å². The third-order valence-corrected chi connectivity index (χ3v) is 3.64. The number of hydrogen-bond acceptors (Lipinski definition) is 3. The summed E-state index contributed by atoms with van der Waals surface area (Å²) in [7, 11) is 0. The molecule has 0 heterocycles. The lowest BCUT2D eigenvalue weighted by Crippen LogP contribution is -2.13. The van der Waals surface area contributed by atoms with Crippen molar-refractivity contribution in [2.24, 2.45) is 0 Å². The van der Waals surface area contributed by atoms with Gasteiger partial charge in [0.1, 0.15) is 5.75 Å². The fourth-order valence-electron chi connectivity index (χ4n) is 1.95. The smallest absolute Gasteiger partial charge is 0.387 e. The molecule has 2 rings (SSSR count). The van der Waals surface area contributed by atoms with E-state index in [9.17, 15) is 18.4 Å². The SMILES string of the molecule is O=C(CCC(=O)c1ccc(Br)cc1)Nc1ccc(OC(F)F)cc1. The molecule has 2 aromatic rings. The van der Waals surface area contributed by atoms with Crippen LogP contribution in [0.3, 0.4) is 0 Å². The van der Waals surface area contributed by atoms with Crippen LogP contribution in [0.1, 0.15) is 23.2 Å². The largest absolute Gasteiger partial charge is 0.435 e. The molecule has 0 aliphatic heterocycles. The Labute approximate surface area is 145 Å². The van der Waals surface area contributed by atoms with Crippen molar-refractivity contribution >= 4 is 33.3 Å². The number of ether oxygens (including phenoxy) is 1. The Bertz CT molecular complexity index is 703. The van der Waals surface area contributed by atoms with Gasteiger partial charge >= 0.3 is 6.61 Å². The molecular formula is C17H14BrF2NO3. The summed E-state index contributed by atoms with van der Waals surface area (Å²) >= 11 is 3.29. The topological polar surface area (TPSA) is 55.4 Å². The highest BCUT2D eigenvalue weighted by Crippen LogP contribution is 2.18. The highest BCUT2D eigenvalue weighted by molar-refractivity contribution is 9.10. The molecule has 7 heteroatoms. The fourth-order valence-corrected chi connectivity index (χ4v) is 2.21. The second-order valence-corrected chi connectivity index (χ2v) is 5.80. The maximum absolute atomic E-state index is 12.0. The second-order valence-electron chi connectivity index (χ2n) is 4.88. The van der Waals surface area contributed by atoms with Crippen LogP contribution in [0.4, 0.5) is 14.5 Å². The second kappa shape index (κ2) is 8.54. The van der Waals surface area contributed by atoms with Crippen molar-refractivity contribution in [3.63, 3.8) is 0 Å². The average Bonchev–Trinajstić information content (AvgIpc) is 2.54. The molecule has 1 N–H and O–H groups in total. The van der Waals surface area contributed by atoms with E-state index in [1.54, 1.807) is 24.3 Å². The predicted octanol–water partition coefficient (Wildman–Crippen LogP) is 4.65. The molecule has 0 aliphatic carbocycles. The number of amides is 1. The molecule has 0 saturated carbocycles. The first-order chi connectivity index (χ1) is 11.4. The van der Waals surface area contributed by atoms with Crippen LogP contribution in [0.25, 0.3) is 0 Å². The molecule has 0 fully saturated rings. The third-order valence-electron chi connectivity index (χ3n) is 3.11. The zero-order valence-electron chi connectivity index (χ0n) is 12.5. The van der Waals surface area contributed by atoms with Gasteiger partial charge in [0, 0.05) is 28.6 Å². The number of anilines is 1. The van der Waals surface area contributed by atoms with Crippen LogP contribution in [0.2, 0.25) is 0 Å². The van der Waals surface area contributed by atoms with Gasteiger partial charge in [-0.05, 0) is 36.4 Å². The molecule has 0 spiro atoms. The first kappa shape index (κ1) is 18.1. The molecule has 0 saturated heterocycles. The van der Waals surface area contributed by atoms with E-state index in [0.29, 0.717) is 11.3 Å². The summed E-state index contributed by atoms with van der Waals surface area (Å²) in [4.78, 5) is 23.8. The van der Waals surface area contributed by atoms with Crippen LogP contribution in [0.15, 0.2) is 53.0 Å². The van der Waals surface area contributed by atoms with Crippen LogP contribution < -0.4 is 10.1 Å². The first-order valence-corrected chi connectivity index (χ1v) is 7.87. The minimum atomic E-state index is -2.89. The van der Waals surface area contributed by atoms with Gasteiger partial charge in [-0.25, -0.2) is 0 Å². The number of Topliss-reactive ketones (excluding diaryl/α,β-unsaturated/α-hetero) is 1. The van der Waals surface area contributed by atoms with Crippen LogP contribution in [0, 0.1) is 0 Å². The monoisotopic (exact) mass is 397 g/mol. The summed E-state index contributed by atoms with van der Waals surface area (Å²) in [6, 6.07) is 12.5. The minimum Gasteiger partial charge on any atom is -0.435 e. The van der Waals surface area contributed by atoms with Gasteiger partial charge in [-0.3, -0.25) is 9.59 Å². The number of nitrogens with one attached hydrogen (secondary N) is 1. The van der Waals surface area contributed by atoms with Crippen LogP contribution in [-0.2, 0) is 4.79 Å². The normalized spacial score (nSPS) is 10.5. The molecule has 4 nitrogen and oxygen atoms in total. The highest BCUT2D eigenvalue weighted by atomic mass is 79.9. The summed E-state index contributed by atoms with van der Waals surface area (Å²) in [6.45, 7) is -2.89. The molecule has 0 aromatic heterocycles. The summed E-state index contributed by atoms with van der Waals surface area (Å²) in [5.74, 6) is -0.449. The summed E-state index contributed by atoms with van der Waals surface area (Å²) in [5, 5.41) is 2.60. The lowest BCUT2D eigenvalue weighted by Gasteiger charge is -2.07. The number of alkyl halides is 2. The Morgan fingerprint density at radius 1 is 1.00 bits per heavy atom. The van der Waals surface area contributed by atoms with Gasteiger partial charge in [-0.15, -0.1) is 0 Å². The Kier molecular flexibility index (Phi) is 6.43. The Balaban J connectivity index is 1.82. The van der Waals surface area contributed by atoms with E-state index < -0.39 is 6.61 Å². The number of carbonyl (C=O) groups is 2. The van der Waals surface area contributed by atoms with Gasteiger partial charge in [-0.2, -0.15) is 8.78 Å². The van der Waals surface area contributed by atoms with Gasteiger partial charge in [-0.1, -0.05) is 28.1 Å². The predicted molar refractivity (Wildman–Crippen MR) is 89.4 cm³/mol. The van der Waals surface area contributed by atoms with Gasteiger partial charge in [0.25, 0.3) is 0 Å². The van der Waals surface area contributed by atoms with E-state index in [2.05, 4.69) is 26.0 Å². The van der Waals surface area contributed by atoms with Crippen molar-refractivity contribution in [1.29, 1.82) is 0 Å². The van der Waals surface area contributed by atoms with Crippen molar-refractivity contribution < 1.29 is 23.1 Å². The lowest BCUT2D eigenvalue weighted by molar-refractivity contribution is -0.116. The van der Waals surface area contributed by atoms with Gasteiger partial charge in [0.15, 0.2) is 5.78 Å². The molecule has 126 valence electrons. The zero-order chi connectivity index (χ0) is 17.5. The Morgan fingerprint density at radius 2 is 1.62 bits per heavy atom. The first-order valence-electron chi connectivity index (χ1n) is 7.07. The molecule has 0 atom stereocenters. The van der Waals surface area contributed by atoms with Crippen LogP contribution in [0.5, 0.6) is 5.75 Å². The quantitative estimate of drug-likeness (QED) is 0.691. The number of halogens is 3. The van der Waals surface area contributed by atoms with E-state index in [1.807, 2.05) is 0 Å². The molecule has 0 bridgehead atoms. The maximum atomic E-state index is 12.0. The van der Waals surface area contributed by atoms with E-state index in [0.717, 1.165) is 4.47 Å². The molecule has 2 aromatic carbocycles. The summed E-state index contributed by atoms with van der Waals surface area (Å²) < 4.78 is 29.2. The van der Waals surface area contributed by atoms with Gasteiger partial charge in [0.2, 0.25) is 5.91 Å². The Hall–Kier alpha value is -2.28. The van der Waals surface area contributed by atoms with Gasteiger partial charge < -0.3 is 10.1 Å². The van der Waals surface area contributed by atoms with E-state index >= 15 is 0 Å². The van der Waals surface area contributed by atoms with Crippen molar-refractivity contribution in [2.75, 3.05) is 5.32 Å². The molecular weight excluding hydrogens is 384 g/mol. The highest BCUT2D eigenvalue weighted by Gasteiger charge is 2.10. The molecule has 0 unspecified atom stereocenters. The number of benzene rings is 2. The number of rotatable bonds is 7. The van der Waals surface area contributed by atoms with Crippen LogP contribution >= 0.6 is 15.9 Å². The molecule has 0 aliphatic rings. The van der Waals surface area contributed by atoms with Crippen molar-refractivity contribution in [2.45, 2.75) is 19.5 Å². The molecule has 24 heavy (non-hydrogen) atoms. The zero-order valence-corrected chi connectivity index (χ0v) is 14.1. The summed E-state index contributed by atoms with van der Waals surface area (Å²) in [5.41, 5.74) is 0.984. The third kappa shape index (κ3) is 5.73. The fraction of sp³-hybridized carbons (Fsp3) is 0.176. The lowest BCUT2D eigenvalue weighted by atomic mass is 10.1. The molecule has 1 amide bonds. The van der Waals surface area contributed by atoms with Crippen molar-refractivity contribution in [3.8, 4) is 5.75 Å². The van der Waals surface area contributed by atoms with E-state index in [4.69, 9.17) is 0 Å². The average molecular weight is 398 g/mol. The van der Waals surface area contributed by atoms with Gasteiger partial charge in [0.05, 0.1) is 0 Å². The number of carbonyl (C=O) groups excluding carboxylic acids is 2. The minimum absolute atomic E-state index is 0.00779.